The Balaban J connectivity index is -0.0000000398. The van der Waals surface area contributed by atoms with Crippen LogP contribution in [0.1, 0.15) is 6.42 Å². The van der Waals surface area contributed by atoms with E-state index in [-0.39, 0.29) is 30.8 Å². The second-order valence-electron chi connectivity index (χ2n) is 1.67. The molecule has 6 nitrogen and oxygen atoms in total. The summed E-state index contributed by atoms with van der Waals surface area (Å²) in [4.78, 5) is 25.0. The minimum Gasteiger partial charge on any atom is -0.693 e. The molecule has 0 spiro atoms. The summed E-state index contributed by atoms with van der Waals surface area (Å²) < 4.78 is 0. The maximum Gasteiger partial charge on any atom is -0.693 e. The first kappa shape index (κ1) is 29.2. The minimum absolute atomic E-state index is 0. The fourth-order valence-corrected chi connectivity index (χ4v) is 1.02. The smallest absolute Gasteiger partial charge is 0.693 e. The fourth-order valence-electron chi connectivity index (χ4n) is 0.339. The zero-order valence-corrected chi connectivity index (χ0v) is 11.6. The van der Waals surface area contributed by atoms with E-state index in [1.54, 1.807) is 18.8 Å². The summed E-state index contributed by atoms with van der Waals surface area (Å²) >= 11 is 1.61. The van der Waals surface area contributed by atoms with E-state index < -0.39 is 8.80 Å². The fraction of sp³-hybridized carbons (Fsp3) is 1.00. The summed E-state index contributed by atoms with van der Waals surface area (Å²) in [6.45, 7) is 0.385. The molecule has 0 aliphatic heterocycles. The predicted molar refractivity (Wildman–Crippen MR) is 47.3 cm³/mol. The molecular formula is C3H15Cl2N3O3PtSi-2. The van der Waals surface area contributed by atoms with E-state index in [2.05, 4.69) is 9.42 Å². The van der Waals surface area contributed by atoms with Crippen molar-refractivity contribution in [2.45, 2.75) is 12.5 Å². The van der Waals surface area contributed by atoms with E-state index in [0.717, 1.165) is 0 Å². The molecule has 0 heterocycles. The molecule has 0 saturated carbocycles. The van der Waals surface area contributed by atoms with Crippen LogP contribution in [0.15, 0.2) is 0 Å². The number of halogens is 2. The second kappa shape index (κ2) is 18.9. The van der Waals surface area contributed by atoms with Gasteiger partial charge in [-0.1, -0.05) is 0 Å². The topological polar surface area (TPSA) is 154 Å². The molecule has 0 atom stereocenters. The predicted octanol–water partition coefficient (Wildman–Crippen LogP) is -2.62. The third-order valence-corrected chi connectivity index (χ3v) is 1.74. The van der Waals surface area contributed by atoms with Gasteiger partial charge in [0, 0.05) is 6.04 Å². The van der Waals surface area contributed by atoms with Crippen LogP contribution in [0.2, 0.25) is 6.04 Å². The third kappa shape index (κ3) is 42.9. The van der Waals surface area contributed by atoms with Gasteiger partial charge in [0.1, 0.15) is 0 Å². The number of rotatable bonds is 3. The van der Waals surface area contributed by atoms with Crippen molar-refractivity contribution < 1.29 is 45.6 Å². The van der Waals surface area contributed by atoms with Gasteiger partial charge in [-0.2, -0.15) is 0 Å². The largest absolute Gasteiger partial charge is 0.693 e. The Morgan fingerprint density at radius 2 is 1.46 bits per heavy atom. The standard InChI is InChI=1S/C3H11NO3Si.2ClH.2H2N.Pt/c4-2-1-3-8(5,6)7;;;;;/h5-7H,1-4H2;2*1H;2*1H2;/q;;;2*-1;+2/p-2. The summed E-state index contributed by atoms with van der Waals surface area (Å²) in [6, 6.07) is 0.0451. The van der Waals surface area contributed by atoms with Crippen LogP contribution < -0.4 is 18.1 Å². The Morgan fingerprint density at radius 3 is 1.54 bits per heavy atom. The Hall–Kier alpha value is 1.25. The molecule has 0 aromatic rings. The van der Waals surface area contributed by atoms with Gasteiger partial charge in [-0.15, -0.1) is 0 Å². The minimum atomic E-state index is -3.76. The van der Waals surface area contributed by atoms with Gasteiger partial charge in [-0.05, 0) is 13.0 Å². The summed E-state index contributed by atoms with van der Waals surface area (Å²) in [7, 11) is 0.853. The molecule has 9 N–H and O–H groups in total. The van der Waals surface area contributed by atoms with E-state index in [4.69, 9.17) is 20.1 Å². The van der Waals surface area contributed by atoms with Gasteiger partial charge in [-0.3, -0.25) is 0 Å². The number of nitrogens with two attached hydrogens (primary N) is 3. The van der Waals surface area contributed by atoms with E-state index in [1.807, 2.05) is 0 Å². The quantitative estimate of drug-likeness (QED) is 0.359. The zero-order chi connectivity index (χ0) is 8.62. The van der Waals surface area contributed by atoms with E-state index in [9.17, 15) is 0 Å². The third-order valence-electron chi connectivity index (χ3n) is 0.716. The molecule has 0 aliphatic rings. The van der Waals surface area contributed by atoms with Crippen molar-refractivity contribution in [1.82, 2.24) is 0 Å². The molecular weight excluding hydrogens is 420 g/mol. The first-order valence-electron chi connectivity index (χ1n) is 2.55. The van der Waals surface area contributed by atoms with Gasteiger partial charge in [0.2, 0.25) is 0 Å². The van der Waals surface area contributed by atoms with Crippen molar-refractivity contribution >= 4 is 18.2 Å². The molecule has 0 aromatic carbocycles. The van der Waals surface area contributed by atoms with E-state index in [1.165, 1.54) is 0 Å². The zero-order valence-electron chi connectivity index (χ0n) is 6.77. The van der Waals surface area contributed by atoms with Crippen molar-refractivity contribution in [3.05, 3.63) is 12.3 Å². The molecule has 10 heteroatoms. The van der Waals surface area contributed by atoms with Gasteiger partial charge >= 0.3 is 37.0 Å². The summed E-state index contributed by atoms with van der Waals surface area (Å²) in [5.41, 5.74) is 5.02. The second-order valence-corrected chi connectivity index (χ2v) is 3.72. The average Bonchev–Trinajstić information content (AvgIpc) is 1.87. The Kier molecular flexibility index (Phi) is 42.6. The Morgan fingerprint density at radius 1 is 1.15 bits per heavy atom. The molecule has 0 amide bonds. The molecule has 0 bridgehead atoms. The van der Waals surface area contributed by atoms with Crippen LogP contribution in [0.5, 0.6) is 0 Å². The van der Waals surface area contributed by atoms with E-state index in [0.29, 0.717) is 13.0 Å². The first-order valence-corrected chi connectivity index (χ1v) is 7.42. The van der Waals surface area contributed by atoms with Crippen molar-refractivity contribution in [3.8, 4) is 0 Å². The van der Waals surface area contributed by atoms with Crippen molar-refractivity contribution in [1.29, 1.82) is 0 Å². The molecule has 0 saturated heterocycles. The summed E-state index contributed by atoms with van der Waals surface area (Å²) in [5.74, 6) is 0. The van der Waals surface area contributed by atoms with Gasteiger partial charge < -0.3 is 44.8 Å². The number of hydrogen-bond acceptors (Lipinski definition) is 4. The van der Waals surface area contributed by atoms with Crippen LogP contribution in [-0.4, -0.2) is 29.7 Å². The van der Waals surface area contributed by atoms with Crippen molar-refractivity contribution in [3.63, 3.8) is 0 Å². The monoisotopic (exact) mass is 434 g/mol. The van der Waals surface area contributed by atoms with Crippen LogP contribution >= 0.6 is 9.42 Å². The first-order chi connectivity index (χ1) is 4.56. The SMILES string of the molecule is NCCC[Si](O)(O)O.[Cl-].[Cl][Pt+].[NH2-].[NH2-]. The van der Waals surface area contributed by atoms with Gasteiger partial charge in [0.05, 0.1) is 0 Å². The molecule has 0 aromatic heterocycles. The molecule has 90 valence electrons. The van der Waals surface area contributed by atoms with Crippen LogP contribution in [0.4, 0.5) is 0 Å². The van der Waals surface area contributed by atoms with Gasteiger partial charge in [0.15, 0.2) is 0 Å². The van der Waals surface area contributed by atoms with E-state index >= 15 is 0 Å². The van der Waals surface area contributed by atoms with Crippen LogP contribution in [0.3, 0.4) is 0 Å². The molecule has 0 rings (SSSR count). The molecule has 0 radical (unpaired) electrons. The van der Waals surface area contributed by atoms with Crippen molar-refractivity contribution in [2.24, 2.45) is 5.73 Å². The van der Waals surface area contributed by atoms with Gasteiger partial charge in [0.25, 0.3) is 0 Å². The maximum absolute atomic E-state index is 8.34. The normalized spacial score (nSPS) is 7.92. The maximum atomic E-state index is 8.34. The molecule has 0 aliphatic carbocycles. The number of hydrogen-bond donors (Lipinski definition) is 4. The Bertz CT molecular complexity index is 79.4. The molecule has 0 fully saturated rings. The summed E-state index contributed by atoms with van der Waals surface area (Å²) in [6.07, 6.45) is 0.468. The average molecular weight is 435 g/mol. The molecule has 13 heavy (non-hydrogen) atoms. The summed E-state index contributed by atoms with van der Waals surface area (Å²) in [5, 5.41) is 0. The van der Waals surface area contributed by atoms with Crippen LogP contribution in [0, 0.1) is 0 Å². The molecule has 0 unspecified atom stereocenters. The van der Waals surface area contributed by atoms with Crippen LogP contribution in [0.25, 0.3) is 12.3 Å². The van der Waals surface area contributed by atoms with Crippen LogP contribution in [-0.2, 0) is 18.8 Å². The van der Waals surface area contributed by atoms with Crippen molar-refractivity contribution in [2.75, 3.05) is 6.54 Å². The Labute approximate surface area is 101 Å². The van der Waals surface area contributed by atoms with Gasteiger partial charge in [-0.25, -0.2) is 0 Å².